The molecule has 2 amide bonds. The third kappa shape index (κ3) is 4.77. The van der Waals surface area contributed by atoms with E-state index in [9.17, 15) is 9.59 Å². The Bertz CT molecular complexity index is 612. The minimum atomic E-state index is -0.0470. The number of nitrogens with one attached hydrogen (secondary N) is 1. The summed E-state index contributed by atoms with van der Waals surface area (Å²) < 4.78 is 0. The number of benzene rings is 1. The number of carbonyl (C=O) groups excluding carboxylic acids is 2. The van der Waals surface area contributed by atoms with E-state index in [1.807, 2.05) is 48.0 Å². The second kappa shape index (κ2) is 9.38. The van der Waals surface area contributed by atoms with Crippen LogP contribution in [0.25, 0.3) is 0 Å². The minimum absolute atomic E-state index is 0. The zero-order valence-corrected chi connectivity index (χ0v) is 16.6. The number of piperidine rings is 2. The fourth-order valence-corrected chi connectivity index (χ4v) is 3.89. The van der Waals surface area contributed by atoms with Crippen molar-refractivity contribution in [2.75, 3.05) is 33.2 Å². The van der Waals surface area contributed by atoms with Gasteiger partial charge in [-0.2, -0.15) is 0 Å². The van der Waals surface area contributed by atoms with Gasteiger partial charge in [-0.15, -0.1) is 12.4 Å². The number of hydrogen-bond donors (Lipinski definition) is 1. The third-order valence-electron chi connectivity index (χ3n) is 5.57. The monoisotopic (exact) mass is 379 g/mol. The molecular weight excluding hydrogens is 350 g/mol. The molecule has 5 nitrogen and oxygen atoms in total. The molecule has 1 unspecified atom stereocenters. The number of halogens is 1. The van der Waals surface area contributed by atoms with Crippen LogP contribution in [0, 0.1) is 12.8 Å². The van der Waals surface area contributed by atoms with Gasteiger partial charge in [0.25, 0.3) is 5.91 Å². The van der Waals surface area contributed by atoms with Crippen LogP contribution in [0.1, 0.15) is 41.6 Å². The number of amides is 2. The molecule has 0 aromatic heterocycles. The largest absolute Gasteiger partial charge is 0.342 e. The van der Waals surface area contributed by atoms with Crippen LogP contribution in [0.5, 0.6) is 0 Å². The predicted octanol–water partition coefficient (Wildman–Crippen LogP) is 2.48. The van der Waals surface area contributed by atoms with Crippen LogP contribution in [0.4, 0.5) is 0 Å². The first-order valence-electron chi connectivity index (χ1n) is 9.40. The lowest BCUT2D eigenvalue weighted by Gasteiger charge is -2.37. The zero-order valence-electron chi connectivity index (χ0n) is 15.7. The van der Waals surface area contributed by atoms with Gasteiger partial charge in [0.15, 0.2) is 0 Å². The number of aryl methyl sites for hydroxylation is 1. The Morgan fingerprint density at radius 3 is 2.27 bits per heavy atom. The quantitative estimate of drug-likeness (QED) is 0.877. The highest BCUT2D eigenvalue weighted by Crippen LogP contribution is 2.22. The molecule has 2 aliphatic rings. The molecular formula is C20H30ClN3O2. The molecule has 1 aromatic carbocycles. The molecule has 0 aliphatic carbocycles. The second-order valence-electron chi connectivity index (χ2n) is 7.34. The van der Waals surface area contributed by atoms with Crippen molar-refractivity contribution < 1.29 is 9.59 Å². The lowest BCUT2D eigenvalue weighted by atomic mass is 9.94. The summed E-state index contributed by atoms with van der Waals surface area (Å²) in [7, 11) is 1.98. The second-order valence-corrected chi connectivity index (χ2v) is 7.34. The van der Waals surface area contributed by atoms with Crippen LogP contribution in [0.15, 0.2) is 24.3 Å². The molecule has 2 fully saturated rings. The Kier molecular flexibility index (Phi) is 7.47. The van der Waals surface area contributed by atoms with Gasteiger partial charge < -0.3 is 15.1 Å². The van der Waals surface area contributed by atoms with Crippen molar-refractivity contribution in [1.82, 2.24) is 15.1 Å². The minimum Gasteiger partial charge on any atom is -0.342 e. The molecule has 0 saturated carbocycles. The van der Waals surface area contributed by atoms with E-state index in [0.29, 0.717) is 18.2 Å². The maximum absolute atomic E-state index is 12.9. The van der Waals surface area contributed by atoms with E-state index in [-0.39, 0.29) is 30.1 Å². The highest BCUT2D eigenvalue weighted by molar-refractivity contribution is 5.94. The summed E-state index contributed by atoms with van der Waals surface area (Å²) in [6.45, 7) is 4.97. The fourth-order valence-electron chi connectivity index (χ4n) is 3.89. The van der Waals surface area contributed by atoms with Crippen LogP contribution < -0.4 is 5.32 Å². The van der Waals surface area contributed by atoms with Gasteiger partial charge in [-0.1, -0.05) is 17.7 Å². The number of nitrogens with zero attached hydrogens (tertiary/aromatic N) is 2. The normalized spacial score (nSPS) is 21.2. The van der Waals surface area contributed by atoms with Crippen molar-refractivity contribution in [3.8, 4) is 0 Å². The lowest BCUT2D eigenvalue weighted by molar-refractivity contribution is -0.138. The van der Waals surface area contributed by atoms with Crippen LogP contribution in [-0.4, -0.2) is 60.9 Å². The van der Waals surface area contributed by atoms with E-state index in [4.69, 9.17) is 0 Å². The molecule has 1 N–H and O–H groups in total. The number of rotatable bonds is 3. The SMILES string of the molecule is CNC1CCN(C(=O)C2CCCN(C(=O)c3ccc(C)cc3)C2)CC1.Cl. The van der Waals surface area contributed by atoms with Crippen molar-refractivity contribution in [3.63, 3.8) is 0 Å². The first-order chi connectivity index (χ1) is 12.1. The van der Waals surface area contributed by atoms with Crippen LogP contribution in [-0.2, 0) is 4.79 Å². The summed E-state index contributed by atoms with van der Waals surface area (Å²) in [6.07, 6.45) is 3.82. The predicted molar refractivity (Wildman–Crippen MR) is 106 cm³/mol. The van der Waals surface area contributed by atoms with E-state index in [1.165, 1.54) is 0 Å². The number of hydrogen-bond acceptors (Lipinski definition) is 3. The molecule has 0 spiro atoms. The molecule has 1 atom stereocenters. The van der Waals surface area contributed by atoms with Gasteiger partial charge in [0.2, 0.25) is 5.91 Å². The van der Waals surface area contributed by atoms with Gasteiger partial charge in [-0.05, 0) is 51.8 Å². The van der Waals surface area contributed by atoms with Gasteiger partial charge in [0.05, 0.1) is 5.92 Å². The van der Waals surface area contributed by atoms with Crippen LogP contribution in [0.3, 0.4) is 0 Å². The summed E-state index contributed by atoms with van der Waals surface area (Å²) in [5.41, 5.74) is 1.86. The number of likely N-dealkylation sites (tertiary alicyclic amines) is 2. The summed E-state index contributed by atoms with van der Waals surface area (Å²) in [6, 6.07) is 8.21. The fraction of sp³-hybridized carbons (Fsp3) is 0.600. The molecule has 2 saturated heterocycles. The Balaban J connectivity index is 0.00000243. The van der Waals surface area contributed by atoms with Gasteiger partial charge in [0, 0.05) is 37.8 Å². The Morgan fingerprint density at radius 1 is 1.00 bits per heavy atom. The molecule has 144 valence electrons. The zero-order chi connectivity index (χ0) is 17.8. The maximum atomic E-state index is 12.9. The smallest absolute Gasteiger partial charge is 0.253 e. The van der Waals surface area contributed by atoms with Crippen molar-refractivity contribution in [1.29, 1.82) is 0 Å². The van der Waals surface area contributed by atoms with Crippen molar-refractivity contribution in [2.24, 2.45) is 5.92 Å². The molecule has 6 heteroatoms. The molecule has 1 aromatic rings. The van der Waals surface area contributed by atoms with Crippen LogP contribution in [0.2, 0.25) is 0 Å². The first kappa shape index (κ1) is 20.7. The molecule has 0 radical (unpaired) electrons. The Morgan fingerprint density at radius 2 is 1.65 bits per heavy atom. The van der Waals surface area contributed by atoms with Crippen LogP contribution >= 0.6 is 12.4 Å². The lowest BCUT2D eigenvalue weighted by Crippen LogP contribution is -2.50. The average molecular weight is 380 g/mol. The van der Waals surface area contributed by atoms with E-state index in [0.717, 1.165) is 50.9 Å². The molecule has 2 heterocycles. The number of carbonyl (C=O) groups is 2. The van der Waals surface area contributed by atoms with E-state index < -0.39 is 0 Å². The Labute approximate surface area is 162 Å². The van der Waals surface area contributed by atoms with E-state index in [1.54, 1.807) is 0 Å². The third-order valence-corrected chi connectivity index (χ3v) is 5.57. The van der Waals surface area contributed by atoms with Crippen molar-refractivity contribution in [3.05, 3.63) is 35.4 Å². The molecule has 26 heavy (non-hydrogen) atoms. The van der Waals surface area contributed by atoms with Crippen molar-refractivity contribution >= 4 is 24.2 Å². The van der Waals surface area contributed by atoms with E-state index >= 15 is 0 Å². The molecule has 0 bridgehead atoms. The summed E-state index contributed by atoms with van der Waals surface area (Å²) in [5, 5.41) is 3.30. The van der Waals surface area contributed by atoms with Gasteiger partial charge in [0.1, 0.15) is 0 Å². The molecule has 2 aliphatic heterocycles. The topological polar surface area (TPSA) is 52.7 Å². The standard InChI is InChI=1S/C20H29N3O2.ClH/c1-15-5-7-16(8-6-15)19(24)23-11-3-4-17(14-23)20(25)22-12-9-18(21-2)10-13-22;/h5-8,17-18,21H,3-4,9-14H2,1-2H3;1H. The van der Waals surface area contributed by atoms with Gasteiger partial charge >= 0.3 is 0 Å². The van der Waals surface area contributed by atoms with E-state index in [2.05, 4.69) is 5.32 Å². The van der Waals surface area contributed by atoms with Gasteiger partial charge in [-0.3, -0.25) is 9.59 Å². The maximum Gasteiger partial charge on any atom is 0.253 e. The molecule has 3 rings (SSSR count). The average Bonchev–Trinajstić information content (AvgIpc) is 2.67. The highest BCUT2D eigenvalue weighted by Gasteiger charge is 2.32. The summed E-state index contributed by atoms with van der Waals surface area (Å²) in [4.78, 5) is 29.5. The first-order valence-corrected chi connectivity index (χ1v) is 9.40. The van der Waals surface area contributed by atoms with Gasteiger partial charge in [-0.25, -0.2) is 0 Å². The summed E-state index contributed by atoms with van der Waals surface area (Å²) in [5.74, 6) is 0.233. The Hall–Kier alpha value is -1.59. The van der Waals surface area contributed by atoms with Crippen molar-refractivity contribution in [2.45, 2.75) is 38.6 Å². The summed E-state index contributed by atoms with van der Waals surface area (Å²) >= 11 is 0. The highest BCUT2D eigenvalue weighted by atomic mass is 35.5.